The zero-order valence-corrected chi connectivity index (χ0v) is 8.53. The lowest BCUT2D eigenvalue weighted by Gasteiger charge is -2.32. The van der Waals surface area contributed by atoms with E-state index < -0.39 is 5.97 Å². The summed E-state index contributed by atoms with van der Waals surface area (Å²) >= 11 is 0. The van der Waals surface area contributed by atoms with Gasteiger partial charge in [-0.1, -0.05) is 0 Å². The maximum absolute atomic E-state index is 11.0. The molecule has 2 aliphatic heterocycles. The molecule has 0 aromatic rings. The van der Waals surface area contributed by atoms with Crippen LogP contribution in [0.4, 0.5) is 0 Å². The lowest BCUT2D eigenvalue weighted by atomic mass is 9.80. The quantitative estimate of drug-likeness (QED) is 0.671. The Morgan fingerprint density at radius 1 is 1.64 bits per heavy atom. The van der Waals surface area contributed by atoms with Crippen LogP contribution in [0.5, 0.6) is 0 Å². The van der Waals surface area contributed by atoms with Crippen molar-refractivity contribution in [3.8, 4) is 0 Å². The molecule has 1 N–H and O–H groups in total. The van der Waals surface area contributed by atoms with Gasteiger partial charge in [0.2, 0.25) is 0 Å². The van der Waals surface area contributed by atoms with Gasteiger partial charge in [-0.2, -0.15) is 0 Å². The number of carboxylic acids is 1. The Hall–Kier alpha value is -0.610. The Balaban J connectivity index is 2.06. The van der Waals surface area contributed by atoms with Crippen molar-refractivity contribution >= 4 is 5.97 Å². The minimum Gasteiger partial charge on any atom is -0.480 e. The topological polar surface area (TPSA) is 49.8 Å². The molecule has 2 rings (SSSR count). The summed E-state index contributed by atoms with van der Waals surface area (Å²) in [5.41, 5.74) is 0.121. The summed E-state index contributed by atoms with van der Waals surface area (Å²) in [5.74, 6) is -0.699. The summed E-state index contributed by atoms with van der Waals surface area (Å²) < 4.78 is 5.46. The molecular formula is C10H17NO3. The predicted molar refractivity (Wildman–Crippen MR) is 51.2 cm³/mol. The number of likely N-dealkylation sites (N-methyl/N-ethyl adjacent to an activating group) is 1. The molecule has 2 atom stereocenters. The van der Waals surface area contributed by atoms with Crippen LogP contribution in [0, 0.1) is 5.41 Å². The number of nitrogens with zero attached hydrogens (tertiary/aromatic N) is 1. The van der Waals surface area contributed by atoms with Crippen LogP contribution in [-0.2, 0) is 9.53 Å². The molecule has 0 aromatic carbocycles. The van der Waals surface area contributed by atoms with E-state index in [-0.39, 0.29) is 11.5 Å². The first-order chi connectivity index (χ1) is 6.63. The average Bonchev–Trinajstić information content (AvgIpc) is 2.44. The molecule has 2 saturated heterocycles. The number of aliphatic carboxylic acids is 1. The molecule has 1 unspecified atom stereocenters. The maximum atomic E-state index is 11.0. The van der Waals surface area contributed by atoms with Crippen molar-refractivity contribution in [1.29, 1.82) is 0 Å². The summed E-state index contributed by atoms with van der Waals surface area (Å²) in [5, 5.41) is 9.02. The number of carbonyl (C=O) groups is 1. The van der Waals surface area contributed by atoms with Crippen molar-refractivity contribution in [1.82, 2.24) is 4.90 Å². The van der Waals surface area contributed by atoms with Crippen molar-refractivity contribution in [3.05, 3.63) is 0 Å². The normalized spacial score (nSPS) is 39.1. The third-order valence-corrected chi connectivity index (χ3v) is 3.43. The van der Waals surface area contributed by atoms with Crippen LogP contribution < -0.4 is 0 Å². The molecule has 0 saturated carbocycles. The summed E-state index contributed by atoms with van der Waals surface area (Å²) in [4.78, 5) is 12.9. The minimum atomic E-state index is -0.699. The molecule has 14 heavy (non-hydrogen) atoms. The van der Waals surface area contributed by atoms with Crippen molar-refractivity contribution in [2.75, 3.05) is 26.8 Å². The summed E-state index contributed by atoms with van der Waals surface area (Å²) in [6.45, 7) is 2.44. The van der Waals surface area contributed by atoms with E-state index in [0.717, 1.165) is 39.0 Å². The van der Waals surface area contributed by atoms with Crippen LogP contribution in [0.3, 0.4) is 0 Å². The highest BCUT2D eigenvalue weighted by atomic mass is 16.5. The fourth-order valence-electron chi connectivity index (χ4n) is 2.74. The first-order valence-corrected chi connectivity index (χ1v) is 5.14. The first-order valence-electron chi connectivity index (χ1n) is 5.14. The van der Waals surface area contributed by atoms with Crippen LogP contribution in [0.2, 0.25) is 0 Å². The molecule has 2 fully saturated rings. The van der Waals surface area contributed by atoms with E-state index >= 15 is 0 Å². The van der Waals surface area contributed by atoms with Gasteiger partial charge in [-0.15, -0.1) is 0 Å². The number of rotatable bonds is 1. The highest BCUT2D eigenvalue weighted by Crippen LogP contribution is 2.40. The van der Waals surface area contributed by atoms with Gasteiger partial charge >= 0.3 is 5.97 Å². The molecule has 0 bridgehead atoms. The number of hydrogen-bond acceptors (Lipinski definition) is 3. The van der Waals surface area contributed by atoms with Crippen LogP contribution in [0.1, 0.15) is 19.3 Å². The van der Waals surface area contributed by atoms with E-state index in [1.54, 1.807) is 0 Å². The van der Waals surface area contributed by atoms with Gasteiger partial charge < -0.3 is 9.84 Å². The third-order valence-electron chi connectivity index (χ3n) is 3.43. The molecule has 2 aliphatic rings. The SMILES string of the molecule is CN1CC2(CCCOC2)C[C@H]1C(=O)O. The number of hydrogen-bond donors (Lipinski definition) is 1. The van der Waals surface area contributed by atoms with Crippen LogP contribution in [0.25, 0.3) is 0 Å². The summed E-state index contributed by atoms with van der Waals surface area (Å²) in [6.07, 6.45) is 2.93. The molecule has 0 amide bonds. The van der Waals surface area contributed by atoms with Gasteiger partial charge in [-0.05, 0) is 26.3 Å². The molecule has 1 spiro atoms. The van der Waals surface area contributed by atoms with E-state index in [1.165, 1.54) is 0 Å². The Kier molecular flexibility index (Phi) is 2.49. The fourth-order valence-corrected chi connectivity index (χ4v) is 2.74. The highest BCUT2D eigenvalue weighted by molar-refractivity contribution is 5.74. The zero-order chi connectivity index (χ0) is 10.2. The third kappa shape index (κ3) is 1.64. The second-order valence-electron chi connectivity index (χ2n) is 4.63. The second kappa shape index (κ2) is 3.51. The monoisotopic (exact) mass is 199 g/mol. The molecular weight excluding hydrogens is 182 g/mol. The largest absolute Gasteiger partial charge is 0.480 e. The van der Waals surface area contributed by atoms with Crippen LogP contribution >= 0.6 is 0 Å². The van der Waals surface area contributed by atoms with Gasteiger partial charge in [0, 0.05) is 18.6 Å². The van der Waals surface area contributed by atoms with Crippen molar-refractivity contribution in [2.24, 2.45) is 5.41 Å². The lowest BCUT2D eigenvalue weighted by molar-refractivity contribution is -0.141. The minimum absolute atomic E-state index is 0.121. The molecule has 0 radical (unpaired) electrons. The van der Waals surface area contributed by atoms with E-state index in [1.807, 2.05) is 11.9 Å². The van der Waals surface area contributed by atoms with Crippen molar-refractivity contribution in [3.63, 3.8) is 0 Å². The fraction of sp³-hybridized carbons (Fsp3) is 0.900. The number of likely N-dealkylation sites (tertiary alicyclic amines) is 1. The number of carboxylic acid groups (broad SMARTS) is 1. The summed E-state index contributed by atoms with van der Waals surface area (Å²) in [7, 11) is 1.89. The molecule has 0 aromatic heterocycles. The van der Waals surface area contributed by atoms with E-state index in [2.05, 4.69) is 0 Å². The van der Waals surface area contributed by atoms with Gasteiger partial charge in [0.15, 0.2) is 0 Å². The summed E-state index contributed by atoms with van der Waals surface area (Å²) in [6, 6.07) is -0.309. The molecule has 80 valence electrons. The predicted octanol–water partition coefficient (Wildman–Crippen LogP) is 0.572. The molecule has 2 heterocycles. The zero-order valence-electron chi connectivity index (χ0n) is 8.53. The van der Waals surface area contributed by atoms with Crippen LogP contribution in [-0.4, -0.2) is 48.8 Å². The Morgan fingerprint density at radius 2 is 2.43 bits per heavy atom. The molecule has 0 aliphatic carbocycles. The lowest BCUT2D eigenvalue weighted by Crippen LogP contribution is -2.34. The molecule has 4 heteroatoms. The van der Waals surface area contributed by atoms with Gasteiger partial charge in [0.05, 0.1) is 6.61 Å². The van der Waals surface area contributed by atoms with Crippen molar-refractivity contribution in [2.45, 2.75) is 25.3 Å². The highest BCUT2D eigenvalue weighted by Gasteiger charge is 2.46. The molecule has 4 nitrogen and oxygen atoms in total. The standard InChI is InChI=1S/C10H17NO3/c1-11-6-10(3-2-4-14-7-10)5-8(11)9(12)13/h8H,2-7H2,1H3,(H,12,13)/t8-,10?/m0/s1. The Bertz CT molecular complexity index is 236. The Labute approximate surface area is 83.8 Å². The van der Waals surface area contributed by atoms with E-state index in [0.29, 0.717) is 0 Å². The van der Waals surface area contributed by atoms with Gasteiger partial charge in [0.1, 0.15) is 6.04 Å². The smallest absolute Gasteiger partial charge is 0.320 e. The van der Waals surface area contributed by atoms with E-state index in [9.17, 15) is 4.79 Å². The Morgan fingerprint density at radius 3 is 2.93 bits per heavy atom. The van der Waals surface area contributed by atoms with Gasteiger partial charge in [-0.3, -0.25) is 9.69 Å². The second-order valence-corrected chi connectivity index (χ2v) is 4.63. The van der Waals surface area contributed by atoms with Gasteiger partial charge in [-0.25, -0.2) is 0 Å². The van der Waals surface area contributed by atoms with E-state index in [4.69, 9.17) is 9.84 Å². The van der Waals surface area contributed by atoms with Crippen molar-refractivity contribution < 1.29 is 14.6 Å². The first kappa shape index (κ1) is 9.93. The number of ether oxygens (including phenoxy) is 1. The average molecular weight is 199 g/mol. The van der Waals surface area contributed by atoms with Crippen LogP contribution in [0.15, 0.2) is 0 Å². The maximum Gasteiger partial charge on any atom is 0.320 e. The van der Waals surface area contributed by atoms with Gasteiger partial charge in [0.25, 0.3) is 0 Å².